The van der Waals surface area contributed by atoms with Gasteiger partial charge in [0.2, 0.25) is 0 Å². The monoisotopic (exact) mass is 371 g/mol. The van der Waals surface area contributed by atoms with Gasteiger partial charge in [0, 0.05) is 29.5 Å². The Morgan fingerprint density at radius 3 is 2.58 bits per heavy atom. The molecule has 0 radical (unpaired) electrons. The minimum Gasteiger partial charge on any atom is -0.493 e. The first-order valence-electron chi connectivity index (χ1n) is 7.69. The molecule has 0 atom stereocenters. The maximum absolute atomic E-state index is 12.3. The van der Waals surface area contributed by atoms with Crippen molar-refractivity contribution >= 4 is 23.2 Å². The smallest absolute Gasteiger partial charge is 0.267 e. The zero-order valence-corrected chi connectivity index (χ0v) is 15.1. The van der Waals surface area contributed by atoms with Gasteiger partial charge in [-0.3, -0.25) is 4.79 Å². The van der Waals surface area contributed by atoms with Crippen LogP contribution in [0.5, 0.6) is 11.5 Å². The van der Waals surface area contributed by atoms with Crippen LogP contribution in [0.2, 0.25) is 5.02 Å². The highest BCUT2D eigenvalue weighted by Crippen LogP contribution is 2.29. The molecule has 1 amide bonds. The molecular formula is C19H18ClN3O3. The average molecular weight is 372 g/mol. The lowest BCUT2D eigenvalue weighted by molar-refractivity contribution is -0.112. The second kappa shape index (κ2) is 9.35. The van der Waals surface area contributed by atoms with Crippen molar-refractivity contribution in [1.29, 1.82) is 5.26 Å². The van der Waals surface area contributed by atoms with E-state index in [-0.39, 0.29) is 5.57 Å². The van der Waals surface area contributed by atoms with Crippen molar-refractivity contribution in [3.05, 3.63) is 64.8 Å². The van der Waals surface area contributed by atoms with Gasteiger partial charge in [0.1, 0.15) is 11.6 Å². The molecule has 0 spiro atoms. The van der Waals surface area contributed by atoms with Crippen molar-refractivity contribution in [2.75, 3.05) is 19.5 Å². The van der Waals surface area contributed by atoms with Crippen LogP contribution in [0, 0.1) is 11.3 Å². The summed E-state index contributed by atoms with van der Waals surface area (Å²) >= 11 is 6.07. The number of hydrogen-bond acceptors (Lipinski definition) is 5. The van der Waals surface area contributed by atoms with E-state index >= 15 is 0 Å². The Balaban J connectivity index is 2.04. The van der Waals surface area contributed by atoms with Gasteiger partial charge in [-0.15, -0.1) is 0 Å². The van der Waals surface area contributed by atoms with E-state index in [0.29, 0.717) is 28.8 Å². The molecular weight excluding hydrogens is 354 g/mol. The first-order valence-corrected chi connectivity index (χ1v) is 8.07. The molecule has 0 saturated carbocycles. The number of benzene rings is 2. The highest BCUT2D eigenvalue weighted by atomic mass is 35.5. The molecule has 134 valence electrons. The molecule has 2 N–H and O–H groups in total. The normalized spacial score (nSPS) is 10.6. The first-order chi connectivity index (χ1) is 12.6. The lowest BCUT2D eigenvalue weighted by atomic mass is 10.2. The fourth-order valence-corrected chi connectivity index (χ4v) is 2.37. The van der Waals surface area contributed by atoms with E-state index in [0.717, 1.165) is 5.56 Å². The maximum atomic E-state index is 12.3. The summed E-state index contributed by atoms with van der Waals surface area (Å²) in [5.74, 6) is 0.485. The molecule has 0 aliphatic rings. The molecule has 6 nitrogen and oxygen atoms in total. The van der Waals surface area contributed by atoms with Crippen molar-refractivity contribution < 1.29 is 14.3 Å². The van der Waals surface area contributed by atoms with Crippen molar-refractivity contribution in [3.63, 3.8) is 0 Å². The molecule has 0 heterocycles. The number of ether oxygens (including phenoxy) is 2. The third-order valence-electron chi connectivity index (χ3n) is 3.50. The van der Waals surface area contributed by atoms with Gasteiger partial charge in [-0.25, -0.2) is 0 Å². The van der Waals surface area contributed by atoms with Crippen LogP contribution in [0.4, 0.5) is 5.69 Å². The molecule has 2 aromatic carbocycles. The second-order valence-corrected chi connectivity index (χ2v) is 5.57. The predicted octanol–water partition coefficient (Wildman–Crippen LogP) is 3.49. The Labute approximate surface area is 157 Å². The number of nitrogens with zero attached hydrogens (tertiary/aromatic N) is 1. The highest BCUT2D eigenvalue weighted by Gasteiger charge is 2.11. The SMILES string of the molecule is COc1ccc(NC(=O)/C(C#N)=C\NCc2ccccc2Cl)cc1OC. The third kappa shape index (κ3) is 4.91. The fraction of sp³-hybridized carbons (Fsp3) is 0.158. The number of anilines is 1. The largest absolute Gasteiger partial charge is 0.493 e. The lowest BCUT2D eigenvalue weighted by Crippen LogP contribution is -2.16. The number of halogens is 1. The summed E-state index contributed by atoms with van der Waals surface area (Å²) in [6.45, 7) is 0.397. The Morgan fingerprint density at radius 1 is 1.19 bits per heavy atom. The first kappa shape index (κ1) is 19.2. The Kier molecular flexibility index (Phi) is 6.89. The Bertz CT molecular complexity index is 859. The van der Waals surface area contributed by atoms with E-state index in [4.69, 9.17) is 21.1 Å². The quantitative estimate of drug-likeness (QED) is 0.575. The Hall–Kier alpha value is -3.17. The number of carbonyl (C=O) groups excluding carboxylic acids is 1. The van der Waals surface area contributed by atoms with E-state index < -0.39 is 5.91 Å². The summed E-state index contributed by atoms with van der Waals surface area (Å²) in [4.78, 5) is 12.3. The van der Waals surface area contributed by atoms with Crippen LogP contribution in [0.25, 0.3) is 0 Å². The van der Waals surface area contributed by atoms with E-state index in [2.05, 4.69) is 10.6 Å². The van der Waals surface area contributed by atoms with Crippen LogP contribution >= 0.6 is 11.6 Å². The molecule has 2 aromatic rings. The Morgan fingerprint density at radius 2 is 1.92 bits per heavy atom. The summed E-state index contributed by atoms with van der Waals surface area (Å²) in [6, 6.07) is 14.1. The van der Waals surface area contributed by atoms with Gasteiger partial charge in [-0.1, -0.05) is 29.8 Å². The average Bonchev–Trinajstić information content (AvgIpc) is 2.66. The molecule has 0 aliphatic heterocycles. The molecule has 0 saturated heterocycles. The standard InChI is InChI=1S/C19H18ClN3O3/c1-25-17-8-7-15(9-18(17)26-2)23-19(24)14(10-21)12-22-11-13-5-3-4-6-16(13)20/h3-9,12,22H,11H2,1-2H3,(H,23,24)/b14-12-. The van der Waals surface area contributed by atoms with Crippen LogP contribution in [0.15, 0.2) is 54.2 Å². The molecule has 26 heavy (non-hydrogen) atoms. The van der Waals surface area contributed by atoms with Gasteiger partial charge in [-0.2, -0.15) is 5.26 Å². The molecule has 7 heteroatoms. The number of hydrogen-bond donors (Lipinski definition) is 2. The lowest BCUT2D eigenvalue weighted by Gasteiger charge is -2.10. The van der Waals surface area contributed by atoms with Crippen LogP contribution < -0.4 is 20.1 Å². The van der Waals surface area contributed by atoms with Crippen LogP contribution in [0.1, 0.15) is 5.56 Å². The summed E-state index contributed by atoms with van der Waals surface area (Å²) in [5, 5.41) is 15.4. The van der Waals surface area contributed by atoms with Crippen molar-refractivity contribution in [3.8, 4) is 17.6 Å². The van der Waals surface area contributed by atoms with Gasteiger partial charge in [0.15, 0.2) is 11.5 Å². The minimum absolute atomic E-state index is 0.0631. The number of amides is 1. The summed E-state index contributed by atoms with van der Waals surface area (Å²) in [5.41, 5.74) is 1.29. The second-order valence-electron chi connectivity index (χ2n) is 5.17. The van der Waals surface area contributed by atoms with Gasteiger partial charge >= 0.3 is 0 Å². The zero-order chi connectivity index (χ0) is 18.9. The number of nitriles is 1. The van der Waals surface area contributed by atoms with Gasteiger partial charge < -0.3 is 20.1 Å². The van der Waals surface area contributed by atoms with Gasteiger partial charge in [-0.05, 0) is 23.8 Å². The summed E-state index contributed by atoms with van der Waals surface area (Å²) in [7, 11) is 3.03. The highest BCUT2D eigenvalue weighted by molar-refractivity contribution is 6.31. The zero-order valence-electron chi connectivity index (χ0n) is 14.4. The fourth-order valence-electron chi connectivity index (χ4n) is 2.17. The number of nitrogens with one attached hydrogen (secondary N) is 2. The van der Waals surface area contributed by atoms with Crippen molar-refractivity contribution in [2.45, 2.75) is 6.54 Å². The number of rotatable bonds is 7. The minimum atomic E-state index is -0.536. The van der Waals surface area contributed by atoms with E-state index in [1.807, 2.05) is 24.3 Å². The summed E-state index contributed by atoms with van der Waals surface area (Å²) < 4.78 is 10.3. The maximum Gasteiger partial charge on any atom is 0.267 e. The van der Waals surface area contributed by atoms with E-state index in [9.17, 15) is 10.1 Å². The molecule has 0 unspecified atom stereocenters. The van der Waals surface area contributed by atoms with Crippen molar-refractivity contribution in [2.24, 2.45) is 0 Å². The number of methoxy groups -OCH3 is 2. The predicted molar refractivity (Wildman–Crippen MR) is 100 cm³/mol. The molecule has 2 rings (SSSR count). The van der Waals surface area contributed by atoms with Gasteiger partial charge in [0.25, 0.3) is 5.91 Å². The topological polar surface area (TPSA) is 83.4 Å². The number of carbonyl (C=O) groups is 1. The van der Waals surface area contributed by atoms with Crippen LogP contribution in [-0.4, -0.2) is 20.1 Å². The van der Waals surface area contributed by atoms with E-state index in [1.165, 1.54) is 20.4 Å². The molecule has 0 aromatic heterocycles. The van der Waals surface area contributed by atoms with E-state index in [1.54, 1.807) is 24.3 Å². The van der Waals surface area contributed by atoms with Gasteiger partial charge in [0.05, 0.1) is 14.2 Å². The summed E-state index contributed by atoms with van der Waals surface area (Å²) in [6.07, 6.45) is 1.36. The third-order valence-corrected chi connectivity index (χ3v) is 3.87. The molecule has 0 fully saturated rings. The van der Waals surface area contributed by atoms with Crippen LogP contribution in [0.3, 0.4) is 0 Å². The van der Waals surface area contributed by atoms with Crippen LogP contribution in [-0.2, 0) is 11.3 Å². The van der Waals surface area contributed by atoms with Crippen molar-refractivity contribution in [1.82, 2.24) is 5.32 Å². The molecule has 0 bridgehead atoms. The molecule has 0 aliphatic carbocycles.